The third-order valence-corrected chi connectivity index (χ3v) is 3.66. The maximum absolute atomic E-state index is 9.99. The minimum Gasteiger partial charge on any atom is -0.393 e. The smallest absolute Gasteiger partial charge is 0.0581 e. The fourth-order valence-electron chi connectivity index (χ4n) is 2.16. The highest BCUT2D eigenvalue weighted by molar-refractivity contribution is 6.31. The molecule has 1 unspecified atom stereocenters. The van der Waals surface area contributed by atoms with Gasteiger partial charge in [-0.1, -0.05) is 62.8 Å². The first-order valence-electron chi connectivity index (χ1n) is 7.06. The van der Waals surface area contributed by atoms with E-state index in [1.807, 2.05) is 19.1 Å². The zero-order valence-electron chi connectivity index (χ0n) is 11.6. The molecule has 1 atom stereocenters. The van der Waals surface area contributed by atoms with Crippen LogP contribution in [0.5, 0.6) is 0 Å². The molecule has 0 amide bonds. The monoisotopic (exact) mass is 268 g/mol. The SMILES string of the molecule is CCCCCCCC(O)Cc1ccc(C)cc1Cl. The molecule has 0 spiro atoms. The maximum atomic E-state index is 9.99. The van der Waals surface area contributed by atoms with Crippen molar-refractivity contribution in [3.63, 3.8) is 0 Å². The van der Waals surface area contributed by atoms with E-state index in [4.69, 9.17) is 11.6 Å². The third-order valence-electron chi connectivity index (χ3n) is 3.31. The summed E-state index contributed by atoms with van der Waals surface area (Å²) in [6.07, 6.45) is 7.50. The molecule has 0 aliphatic heterocycles. The summed E-state index contributed by atoms with van der Waals surface area (Å²) in [5.74, 6) is 0. The summed E-state index contributed by atoms with van der Waals surface area (Å²) in [6, 6.07) is 6.04. The molecule has 0 saturated carbocycles. The Bertz CT molecular complexity index is 349. The van der Waals surface area contributed by atoms with E-state index in [1.54, 1.807) is 0 Å². The molecule has 1 nitrogen and oxygen atoms in total. The van der Waals surface area contributed by atoms with E-state index >= 15 is 0 Å². The van der Waals surface area contributed by atoms with Crippen LogP contribution in [0.2, 0.25) is 5.02 Å². The van der Waals surface area contributed by atoms with Gasteiger partial charge in [-0.15, -0.1) is 0 Å². The maximum Gasteiger partial charge on any atom is 0.0581 e. The second-order valence-electron chi connectivity index (χ2n) is 5.16. The molecule has 0 aromatic heterocycles. The quantitative estimate of drug-likeness (QED) is 0.664. The van der Waals surface area contributed by atoms with Crippen molar-refractivity contribution in [1.82, 2.24) is 0 Å². The van der Waals surface area contributed by atoms with Crippen LogP contribution in [0.3, 0.4) is 0 Å². The summed E-state index contributed by atoms with van der Waals surface area (Å²) in [5.41, 5.74) is 2.22. The van der Waals surface area contributed by atoms with Crippen molar-refractivity contribution in [3.8, 4) is 0 Å². The largest absolute Gasteiger partial charge is 0.393 e. The molecule has 1 aromatic rings. The van der Waals surface area contributed by atoms with E-state index in [1.165, 1.54) is 25.7 Å². The summed E-state index contributed by atoms with van der Waals surface area (Å²) in [5, 5.41) is 10.8. The van der Waals surface area contributed by atoms with Gasteiger partial charge in [0.05, 0.1) is 6.10 Å². The van der Waals surface area contributed by atoms with Crippen LogP contribution in [0.25, 0.3) is 0 Å². The summed E-state index contributed by atoms with van der Waals surface area (Å²) in [4.78, 5) is 0. The Morgan fingerprint density at radius 1 is 1.17 bits per heavy atom. The van der Waals surface area contributed by atoms with Gasteiger partial charge in [0.25, 0.3) is 0 Å². The van der Waals surface area contributed by atoms with Crippen LogP contribution >= 0.6 is 11.6 Å². The number of unbranched alkanes of at least 4 members (excludes halogenated alkanes) is 4. The number of hydrogen-bond donors (Lipinski definition) is 1. The number of aliphatic hydroxyl groups excluding tert-OH is 1. The van der Waals surface area contributed by atoms with Crippen molar-refractivity contribution in [3.05, 3.63) is 34.3 Å². The van der Waals surface area contributed by atoms with Gasteiger partial charge in [-0.2, -0.15) is 0 Å². The molecule has 1 aromatic carbocycles. The van der Waals surface area contributed by atoms with Gasteiger partial charge in [0.15, 0.2) is 0 Å². The lowest BCUT2D eigenvalue weighted by atomic mass is 10.0. The highest BCUT2D eigenvalue weighted by Crippen LogP contribution is 2.20. The molecule has 0 aliphatic carbocycles. The number of rotatable bonds is 8. The van der Waals surface area contributed by atoms with Crippen LogP contribution in [-0.2, 0) is 6.42 Å². The van der Waals surface area contributed by atoms with Crippen LogP contribution in [-0.4, -0.2) is 11.2 Å². The highest BCUT2D eigenvalue weighted by Gasteiger charge is 2.08. The third kappa shape index (κ3) is 5.88. The molecule has 0 fully saturated rings. The van der Waals surface area contributed by atoms with Gasteiger partial charge in [-0.25, -0.2) is 0 Å². The van der Waals surface area contributed by atoms with Crippen LogP contribution in [0.1, 0.15) is 56.6 Å². The highest BCUT2D eigenvalue weighted by atomic mass is 35.5. The lowest BCUT2D eigenvalue weighted by Crippen LogP contribution is -2.10. The van der Waals surface area contributed by atoms with Gasteiger partial charge in [-0.3, -0.25) is 0 Å². The van der Waals surface area contributed by atoms with E-state index in [2.05, 4.69) is 13.0 Å². The molecule has 1 rings (SSSR count). The standard InChI is InChI=1S/C16H25ClO/c1-3-4-5-6-7-8-15(18)12-14-10-9-13(2)11-16(14)17/h9-11,15,18H,3-8,12H2,1-2H3. The van der Waals surface area contributed by atoms with Crippen molar-refractivity contribution in [2.45, 2.75) is 64.9 Å². The van der Waals surface area contributed by atoms with Crippen LogP contribution in [0.4, 0.5) is 0 Å². The van der Waals surface area contributed by atoms with Gasteiger partial charge in [-0.05, 0) is 37.0 Å². The summed E-state index contributed by atoms with van der Waals surface area (Å²) >= 11 is 6.17. The first kappa shape index (κ1) is 15.5. The first-order valence-corrected chi connectivity index (χ1v) is 7.44. The molecule has 18 heavy (non-hydrogen) atoms. The zero-order valence-corrected chi connectivity index (χ0v) is 12.3. The Labute approximate surface area is 116 Å². The summed E-state index contributed by atoms with van der Waals surface area (Å²) in [6.45, 7) is 4.24. The Hall–Kier alpha value is -0.530. The topological polar surface area (TPSA) is 20.2 Å². The summed E-state index contributed by atoms with van der Waals surface area (Å²) in [7, 11) is 0. The van der Waals surface area contributed by atoms with Crippen LogP contribution < -0.4 is 0 Å². The lowest BCUT2D eigenvalue weighted by Gasteiger charge is -2.12. The molecule has 102 valence electrons. The molecular weight excluding hydrogens is 244 g/mol. The lowest BCUT2D eigenvalue weighted by molar-refractivity contribution is 0.161. The zero-order chi connectivity index (χ0) is 13.4. The van der Waals surface area contributed by atoms with Gasteiger partial charge in [0, 0.05) is 5.02 Å². The van der Waals surface area contributed by atoms with E-state index in [0.717, 1.165) is 29.0 Å². The average Bonchev–Trinajstić information content (AvgIpc) is 2.32. The number of benzene rings is 1. The minimum absolute atomic E-state index is 0.258. The first-order chi connectivity index (χ1) is 8.63. The average molecular weight is 269 g/mol. The van der Waals surface area contributed by atoms with Crippen LogP contribution in [0, 0.1) is 6.92 Å². The second-order valence-corrected chi connectivity index (χ2v) is 5.56. The second kappa shape index (κ2) is 8.55. The molecule has 0 heterocycles. The molecule has 0 bridgehead atoms. The normalized spacial score (nSPS) is 12.7. The van der Waals surface area contributed by atoms with Crippen molar-refractivity contribution in [1.29, 1.82) is 0 Å². The molecule has 0 radical (unpaired) electrons. The van der Waals surface area contributed by atoms with Crippen molar-refractivity contribution in [2.24, 2.45) is 0 Å². The number of aliphatic hydroxyl groups is 1. The predicted octanol–water partition coefficient (Wildman–Crippen LogP) is 4.91. The molecule has 1 N–H and O–H groups in total. The van der Waals surface area contributed by atoms with E-state index < -0.39 is 0 Å². The summed E-state index contributed by atoms with van der Waals surface area (Å²) < 4.78 is 0. The Morgan fingerprint density at radius 2 is 1.89 bits per heavy atom. The number of halogens is 1. The van der Waals surface area contributed by atoms with E-state index in [-0.39, 0.29) is 6.10 Å². The fourth-order valence-corrected chi connectivity index (χ4v) is 2.47. The number of aryl methyl sites for hydroxylation is 1. The van der Waals surface area contributed by atoms with Gasteiger partial charge < -0.3 is 5.11 Å². The van der Waals surface area contributed by atoms with Gasteiger partial charge >= 0.3 is 0 Å². The van der Waals surface area contributed by atoms with Crippen LogP contribution in [0.15, 0.2) is 18.2 Å². The van der Waals surface area contributed by atoms with Gasteiger partial charge in [0.2, 0.25) is 0 Å². The Balaban J connectivity index is 2.28. The molecule has 2 heteroatoms. The molecule has 0 aliphatic rings. The molecular formula is C16H25ClO. The fraction of sp³-hybridized carbons (Fsp3) is 0.625. The minimum atomic E-state index is -0.258. The van der Waals surface area contributed by atoms with Crippen molar-refractivity contribution < 1.29 is 5.11 Å². The predicted molar refractivity (Wildman–Crippen MR) is 79.3 cm³/mol. The Kier molecular flexibility index (Phi) is 7.38. The van der Waals surface area contributed by atoms with E-state index in [9.17, 15) is 5.11 Å². The van der Waals surface area contributed by atoms with Crippen molar-refractivity contribution >= 4 is 11.6 Å². The number of hydrogen-bond acceptors (Lipinski definition) is 1. The molecule has 0 saturated heterocycles. The van der Waals surface area contributed by atoms with Gasteiger partial charge in [0.1, 0.15) is 0 Å². The Morgan fingerprint density at radius 3 is 2.56 bits per heavy atom. The van der Waals surface area contributed by atoms with E-state index in [0.29, 0.717) is 6.42 Å². The van der Waals surface area contributed by atoms with Crippen molar-refractivity contribution in [2.75, 3.05) is 0 Å².